The van der Waals surface area contributed by atoms with E-state index in [2.05, 4.69) is 170 Å². The molecule has 55 heavy (non-hydrogen) atoms. The second-order valence-corrected chi connectivity index (χ2v) is 15.7. The molecule has 0 bridgehead atoms. The van der Waals surface area contributed by atoms with Crippen LogP contribution < -0.4 is 0 Å². The van der Waals surface area contributed by atoms with Gasteiger partial charge >= 0.3 is 0 Å². The van der Waals surface area contributed by atoms with Crippen LogP contribution in [0.25, 0.3) is 87.6 Å². The third-order valence-electron chi connectivity index (χ3n) is 11.6. The molecule has 9 aromatic carbocycles. The minimum atomic E-state index is 0.300. The van der Waals surface area contributed by atoms with Crippen LogP contribution in [-0.4, -0.2) is 5.25 Å². The highest BCUT2D eigenvalue weighted by Gasteiger charge is 2.35. The molecule has 0 fully saturated rings. The van der Waals surface area contributed by atoms with Crippen molar-refractivity contribution in [2.75, 3.05) is 0 Å². The number of rotatable bonds is 4. The van der Waals surface area contributed by atoms with Crippen molar-refractivity contribution in [2.45, 2.75) is 16.6 Å². The quantitative estimate of drug-likeness (QED) is 0.169. The molecule has 0 radical (unpaired) electrons. The minimum absolute atomic E-state index is 0.300. The van der Waals surface area contributed by atoms with E-state index in [1.54, 1.807) is 0 Å². The molecular formula is C53H33NS. The van der Waals surface area contributed by atoms with Crippen molar-refractivity contribution < 1.29 is 0 Å². The number of fused-ring (bicyclic) bond motifs is 7. The molecule has 256 valence electrons. The summed E-state index contributed by atoms with van der Waals surface area (Å²) in [6.07, 6.45) is 5.75. The van der Waals surface area contributed by atoms with E-state index >= 15 is 0 Å². The summed E-state index contributed by atoms with van der Waals surface area (Å²) >= 11 is 2.01. The Bertz CT molecular complexity index is 3050. The zero-order valence-electron chi connectivity index (χ0n) is 30.0. The molecule has 1 unspecified atom stereocenters. The Hall–Kier alpha value is -6.66. The third-order valence-corrected chi connectivity index (χ3v) is 12.9. The molecule has 1 aliphatic heterocycles. The normalized spacial score (nSPS) is 14.8. The van der Waals surface area contributed by atoms with Crippen molar-refractivity contribution in [3.8, 4) is 39.4 Å². The maximum atomic E-state index is 10.2. The number of hydrogen-bond acceptors (Lipinski definition) is 2. The Morgan fingerprint density at radius 3 is 1.49 bits per heavy atom. The summed E-state index contributed by atoms with van der Waals surface area (Å²) in [5.74, 6) is 0. The van der Waals surface area contributed by atoms with E-state index in [0.717, 1.165) is 28.3 Å². The van der Waals surface area contributed by atoms with Gasteiger partial charge in [0, 0.05) is 21.3 Å². The van der Waals surface area contributed by atoms with Crippen molar-refractivity contribution in [1.82, 2.24) is 0 Å². The highest BCUT2D eigenvalue weighted by molar-refractivity contribution is 8.01. The molecule has 9 aromatic rings. The molecule has 0 saturated heterocycles. The predicted octanol–water partition coefficient (Wildman–Crippen LogP) is 14.5. The Balaban J connectivity index is 1.25. The van der Waals surface area contributed by atoms with Crippen molar-refractivity contribution >= 4 is 66.0 Å². The summed E-state index contributed by atoms with van der Waals surface area (Å²) < 4.78 is 0. The number of nitrogens with zero attached hydrogens (tertiary/aromatic N) is 1. The average molecular weight is 716 g/mol. The van der Waals surface area contributed by atoms with Crippen LogP contribution in [-0.2, 0) is 0 Å². The lowest BCUT2D eigenvalue weighted by Crippen LogP contribution is -2.07. The summed E-state index contributed by atoms with van der Waals surface area (Å²) in [4.78, 5) is 1.34. The van der Waals surface area contributed by atoms with Gasteiger partial charge in [0.2, 0.25) is 0 Å². The van der Waals surface area contributed by atoms with Crippen LogP contribution in [0.3, 0.4) is 0 Å². The number of nitriles is 1. The Morgan fingerprint density at radius 2 is 0.909 bits per heavy atom. The highest BCUT2D eigenvalue weighted by atomic mass is 32.2. The van der Waals surface area contributed by atoms with Crippen LogP contribution >= 0.6 is 11.8 Å². The number of benzene rings is 9. The Morgan fingerprint density at radius 1 is 0.436 bits per heavy atom. The van der Waals surface area contributed by atoms with E-state index in [0.29, 0.717) is 10.8 Å². The molecule has 1 atom stereocenters. The molecule has 0 aromatic heterocycles. The maximum absolute atomic E-state index is 10.2. The highest BCUT2D eigenvalue weighted by Crippen LogP contribution is 2.57. The fraction of sp³-hybridized carbons (Fsp3) is 0.0377. The average Bonchev–Trinajstić information content (AvgIpc) is 3.65. The zero-order valence-corrected chi connectivity index (χ0v) is 30.8. The molecule has 1 nitrogen and oxygen atoms in total. The zero-order chi connectivity index (χ0) is 36.5. The Kier molecular flexibility index (Phi) is 7.37. The monoisotopic (exact) mass is 715 g/mol. The lowest BCUT2D eigenvalue weighted by molar-refractivity contribution is 1.09. The summed E-state index contributed by atoms with van der Waals surface area (Å²) in [5.41, 5.74) is 13.2. The molecule has 1 aliphatic carbocycles. The second-order valence-electron chi connectivity index (χ2n) is 14.5. The third kappa shape index (κ3) is 4.80. The Labute approximate surface area is 324 Å². The van der Waals surface area contributed by atoms with Gasteiger partial charge in [-0.2, -0.15) is 5.26 Å². The molecule has 0 spiro atoms. The van der Waals surface area contributed by atoms with Crippen LogP contribution in [0.15, 0.2) is 187 Å². The molecule has 11 rings (SSSR count). The van der Waals surface area contributed by atoms with Crippen molar-refractivity contribution in [2.24, 2.45) is 0 Å². The maximum Gasteiger partial charge on any atom is 0.0998 e. The van der Waals surface area contributed by atoms with Crippen LogP contribution in [0, 0.1) is 11.3 Å². The van der Waals surface area contributed by atoms with Crippen molar-refractivity contribution in [3.05, 3.63) is 199 Å². The summed E-state index contributed by atoms with van der Waals surface area (Å²) in [6, 6.07) is 63.9. The number of allylic oxidation sites excluding steroid dienone is 3. The summed E-state index contributed by atoms with van der Waals surface area (Å²) in [5, 5.41) is 20.3. The van der Waals surface area contributed by atoms with Gasteiger partial charge in [0.25, 0.3) is 0 Å². The van der Waals surface area contributed by atoms with Gasteiger partial charge in [-0.05, 0) is 106 Å². The summed E-state index contributed by atoms with van der Waals surface area (Å²) in [7, 11) is 0. The first-order valence-corrected chi connectivity index (χ1v) is 19.8. The molecule has 0 amide bonds. The van der Waals surface area contributed by atoms with Gasteiger partial charge in [0.05, 0.1) is 11.6 Å². The first-order chi connectivity index (χ1) is 27.3. The van der Waals surface area contributed by atoms with Gasteiger partial charge in [-0.15, -0.1) is 11.8 Å². The smallest absolute Gasteiger partial charge is 0.0998 e. The topological polar surface area (TPSA) is 23.8 Å². The molecule has 1 heterocycles. The predicted molar refractivity (Wildman–Crippen MR) is 234 cm³/mol. The number of thioether (sulfide) groups is 1. The molecule has 0 N–H and O–H groups in total. The largest absolute Gasteiger partial charge is 0.192 e. The van der Waals surface area contributed by atoms with E-state index < -0.39 is 0 Å². The van der Waals surface area contributed by atoms with Gasteiger partial charge in [0.1, 0.15) is 0 Å². The van der Waals surface area contributed by atoms with Crippen LogP contribution in [0.4, 0.5) is 0 Å². The van der Waals surface area contributed by atoms with Crippen LogP contribution in [0.5, 0.6) is 0 Å². The van der Waals surface area contributed by atoms with E-state index in [9.17, 15) is 5.26 Å². The first kappa shape index (κ1) is 31.8. The minimum Gasteiger partial charge on any atom is -0.192 e. The van der Waals surface area contributed by atoms with E-state index in [1.165, 1.54) is 81.7 Å². The van der Waals surface area contributed by atoms with Crippen LogP contribution in [0.2, 0.25) is 0 Å². The van der Waals surface area contributed by atoms with E-state index in [4.69, 9.17) is 0 Å². The lowest BCUT2D eigenvalue weighted by atomic mass is 9.78. The number of hydrogen-bond donors (Lipinski definition) is 0. The second kappa shape index (κ2) is 12.7. The van der Waals surface area contributed by atoms with Crippen LogP contribution in [0.1, 0.15) is 23.1 Å². The molecule has 2 aliphatic rings. The fourth-order valence-electron chi connectivity index (χ4n) is 9.42. The fourth-order valence-corrected chi connectivity index (χ4v) is 10.8. The molecule has 0 saturated carbocycles. The van der Waals surface area contributed by atoms with Gasteiger partial charge in [-0.3, -0.25) is 0 Å². The van der Waals surface area contributed by atoms with E-state index in [1.807, 2.05) is 30.0 Å². The van der Waals surface area contributed by atoms with Crippen molar-refractivity contribution in [1.29, 1.82) is 5.26 Å². The van der Waals surface area contributed by atoms with Gasteiger partial charge in [0.15, 0.2) is 0 Å². The summed E-state index contributed by atoms with van der Waals surface area (Å²) in [6.45, 7) is 0. The molecule has 2 heteroatoms. The van der Waals surface area contributed by atoms with Gasteiger partial charge in [-0.25, -0.2) is 0 Å². The SMILES string of the molecule is N#Cc1ccccc1-c1c2ccccc2c(C2=C3c4c(cccc4-c4c5ccccc5c(-c5ccccc5)c5ccccc45)SC3CC=C2)c2ccccc12. The van der Waals surface area contributed by atoms with E-state index in [-0.39, 0.29) is 0 Å². The standard InChI is InChI=1S/C53H33NS/c54-32-34-18-4-5-19-35(34)49-40-24-10-12-26-42(40)51(43-27-13-11-25-41(43)49)45-29-15-31-47-53(45)52-44(28-14-30-46(52)55-47)50-38-22-8-6-20-36(38)48(33-16-2-1-3-17-33)37-21-7-9-23-39(37)50/h1-30,47H,31H2. The van der Waals surface area contributed by atoms with Gasteiger partial charge in [-0.1, -0.05) is 170 Å². The van der Waals surface area contributed by atoms with Gasteiger partial charge < -0.3 is 0 Å². The molecular weight excluding hydrogens is 683 g/mol. The van der Waals surface area contributed by atoms with Crippen molar-refractivity contribution in [3.63, 3.8) is 0 Å². The first-order valence-electron chi connectivity index (χ1n) is 18.9. The lowest BCUT2D eigenvalue weighted by Gasteiger charge is -2.25.